The summed E-state index contributed by atoms with van der Waals surface area (Å²) >= 11 is 10.2. The summed E-state index contributed by atoms with van der Waals surface area (Å²) in [6, 6.07) is 1.99. The molecule has 0 bridgehead atoms. The van der Waals surface area contributed by atoms with Gasteiger partial charge in [-0.25, -0.2) is 0 Å². The molecule has 0 N–H and O–H groups in total. The first kappa shape index (κ1) is 11.4. The molecule has 0 unspecified atom stereocenters. The zero-order valence-corrected chi connectivity index (χ0v) is 11.8. The molecule has 1 nitrogen and oxygen atoms in total. The van der Waals surface area contributed by atoms with Crippen molar-refractivity contribution in [3.63, 3.8) is 0 Å². The Balaban J connectivity index is 3.03. The van der Waals surface area contributed by atoms with E-state index in [0.29, 0.717) is 0 Å². The van der Waals surface area contributed by atoms with E-state index in [0.717, 1.165) is 20.0 Å². The summed E-state index contributed by atoms with van der Waals surface area (Å²) in [4.78, 5) is 4.27. The van der Waals surface area contributed by atoms with Crippen LogP contribution in [0, 0.1) is 0 Å². The van der Waals surface area contributed by atoms with Crippen molar-refractivity contribution in [1.82, 2.24) is 4.98 Å². The SMILES string of the molecule is CC(=Cc1ncc(Br)cc1Br)CBr. The quantitative estimate of drug-likeness (QED) is 0.704. The molecule has 1 aromatic heterocycles. The highest BCUT2D eigenvalue weighted by Crippen LogP contribution is 2.21. The van der Waals surface area contributed by atoms with Crippen LogP contribution in [0.3, 0.4) is 0 Å². The third kappa shape index (κ3) is 3.52. The Morgan fingerprint density at radius 2 is 2.23 bits per heavy atom. The molecule has 0 spiro atoms. The molecular formula is C9H8Br3N. The largest absolute Gasteiger partial charge is 0.255 e. The second-order valence-corrected chi connectivity index (χ2v) is 4.98. The first-order valence-corrected chi connectivity index (χ1v) is 6.38. The van der Waals surface area contributed by atoms with Crippen LogP contribution in [0.4, 0.5) is 0 Å². The van der Waals surface area contributed by atoms with Crippen molar-refractivity contribution in [2.24, 2.45) is 0 Å². The maximum Gasteiger partial charge on any atom is 0.0772 e. The summed E-state index contributed by atoms with van der Waals surface area (Å²) < 4.78 is 1.98. The number of allylic oxidation sites excluding steroid dienone is 1. The Labute approximate surface area is 103 Å². The summed E-state index contributed by atoms with van der Waals surface area (Å²) in [6.07, 6.45) is 3.84. The van der Waals surface area contributed by atoms with Gasteiger partial charge < -0.3 is 0 Å². The highest BCUT2D eigenvalue weighted by Gasteiger charge is 1.99. The summed E-state index contributed by atoms with van der Waals surface area (Å²) in [5.74, 6) is 0. The predicted molar refractivity (Wildman–Crippen MR) is 67.1 cm³/mol. The molecule has 0 atom stereocenters. The lowest BCUT2D eigenvalue weighted by Crippen LogP contribution is -1.85. The van der Waals surface area contributed by atoms with Crippen LogP contribution in [0.15, 0.2) is 26.8 Å². The van der Waals surface area contributed by atoms with Gasteiger partial charge in [-0.15, -0.1) is 0 Å². The zero-order valence-electron chi connectivity index (χ0n) is 7.02. The van der Waals surface area contributed by atoms with Crippen LogP contribution in [0.5, 0.6) is 0 Å². The van der Waals surface area contributed by atoms with Crippen molar-refractivity contribution in [2.75, 3.05) is 5.33 Å². The maximum absolute atomic E-state index is 4.27. The molecule has 0 aliphatic rings. The fraction of sp³-hybridized carbons (Fsp3) is 0.222. The van der Waals surface area contributed by atoms with Crippen LogP contribution in [-0.4, -0.2) is 10.3 Å². The molecule has 0 aromatic carbocycles. The van der Waals surface area contributed by atoms with E-state index >= 15 is 0 Å². The molecular weight excluding hydrogens is 362 g/mol. The monoisotopic (exact) mass is 367 g/mol. The van der Waals surface area contributed by atoms with Crippen molar-refractivity contribution in [2.45, 2.75) is 6.92 Å². The van der Waals surface area contributed by atoms with Gasteiger partial charge in [0.25, 0.3) is 0 Å². The highest BCUT2D eigenvalue weighted by molar-refractivity contribution is 9.11. The van der Waals surface area contributed by atoms with Gasteiger partial charge in [0.2, 0.25) is 0 Å². The normalized spacial score (nSPS) is 11.8. The van der Waals surface area contributed by atoms with Gasteiger partial charge in [-0.1, -0.05) is 21.5 Å². The second kappa shape index (κ2) is 5.27. The minimum Gasteiger partial charge on any atom is -0.255 e. The van der Waals surface area contributed by atoms with E-state index in [1.807, 2.05) is 12.1 Å². The Kier molecular flexibility index (Phi) is 4.62. The van der Waals surface area contributed by atoms with Gasteiger partial charge in [0.15, 0.2) is 0 Å². The average Bonchev–Trinajstić information content (AvgIpc) is 2.09. The summed E-state index contributed by atoms with van der Waals surface area (Å²) in [5, 5.41) is 0.872. The standard InChI is InChI=1S/C9H8Br3N/c1-6(4-10)2-9-8(12)3-7(11)5-13-9/h2-3,5H,4H2,1H3. The van der Waals surface area contributed by atoms with Crippen molar-refractivity contribution in [3.8, 4) is 0 Å². The number of hydrogen-bond acceptors (Lipinski definition) is 1. The van der Waals surface area contributed by atoms with E-state index in [1.54, 1.807) is 6.20 Å². The fourth-order valence-electron chi connectivity index (χ4n) is 0.803. The molecule has 0 saturated heterocycles. The van der Waals surface area contributed by atoms with E-state index in [4.69, 9.17) is 0 Å². The Morgan fingerprint density at radius 3 is 2.77 bits per heavy atom. The van der Waals surface area contributed by atoms with Crippen LogP contribution >= 0.6 is 47.8 Å². The Morgan fingerprint density at radius 1 is 1.54 bits per heavy atom. The number of hydrogen-bond donors (Lipinski definition) is 0. The molecule has 4 heteroatoms. The maximum atomic E-state index is 4.27. The van der Waals surface area contributed by atoms with Crippen LogP contribution in [0.1, 0.15) is 12.6 Å². The first-order valence-electron chi connectivity index (χ1n) is 3.67. The lowest BCUT2D eigenvalue weighted by molar-refractivity contribution is 1.25. The minimum absolute atomic E-state index is 0.872. The van der Waals surface area contributed by atoms with E-state index in [2.05, 4.69) is 59.7 Å². The second-order valence-electron chi connectivity index (χ2n) is 2.64. The molecule has 70 valence electrons. The van der Waals surface area contributed by atoms with Gasteiger partial charge in [0.1, 0.15) is 0 Å². The van der Waals surface area contributed by atoms with E-state index in [1.165, 1.54) is 5.57 Å². The van der Waals surface area contributed by atoms with Crippen molar-refractivity contribution in [3.05, 3.63) is 32.5 Å². The Bertz CT molecular complexity index is 334. The molecule has 1 heterocycles. The number of halogens is 3. The summed E-state index contributed by atoms with van der Waals surface area (Å²) in [6.45, 7) is 2.06. The zero-order chi connectivity index (χ0) is 9.84. The molecule has 0 radical (unpaired) electrons. The fourth-order valence-corrected chi connectivity index (χ4v) is 2.07. The molecule has 0 aliphatic carbocycles. The topological polar surface area (TPSA) is 12.9 Å². The van der Waals surface area contributed by atoms with Crippen LogP contribution in [-0.2, 0) is 0 Å². The van der Waals surface area contributed by atoms with E-state index < -0.39 is 0 Å². The predicted octanol–water partition coefficient (Wildman–Crippen LogP) is 4.40. The lowest BCUT2D eigenvalue weighted by atomic mass is 10.2. The third-order valence-corrected chi connectivity index (χ3v) is 3.38. The van der Waals surface area contributed by atoms with Gasteiger partial charge in [0, 0.05) is 20.5 Å². The van der Waals surface area contributed by atoms with Gasteiger partial charge in [0.05, 0.1) is 5.69 Å². The van der Waals surface area contributed by atoms with Crippen molar-refractivity contribution >= 4 is 53.9 Å². The molecule has 0 fully saturated rings. The summed E-state index contributed by atoms with van der Waals surface area (Å²) in [7, 11) is 0. The highest BCUT2D eigenvalue weighted by atomic mass is 79.9. The van der Waals surface area contributed by atoms with E-state index in [-0.39, 0.29) is 0 Å². The first-order chi connectivity index (χ1) is 6.13. The number of pyridine rings is 1. The third-order valence-electron chi connectivity index (χ3n) is 1.43. The number of alkyl halides is 1. The molecule has 0 aliphatic heterocycles. The van der Waals surface area contributed by atoms with Gasteiger partial charge >= 0.3 is 0 Å². The lowest BCUT2D eigenvalue weighted by Gasteiger charge is -1.99. The van der Waals surface area contributed by atoms with Gasteiger partial charge in [-0.3, -0.25) is 4.98 Å². The number of aromatic nitrogens is 1. The molecule has 13 heavy (non-hydrogen) atoms. The Hall–Kier alpha value is 0.330. The molecule has 1 rings (SSSR count). The van der Waals surface area contributed by atoms with Crippen molar-refractivity contribution in [1.29, 1.82) is 0 Å². The van der Waals surface area contributed by atoms with Crippen LogP contribution in [0.2, 0.25) is 0 Å². The average molecular weight is 370 g/mol. The number of nitrogens with zero attached hydrogens (tertiary/aromatic N) is 1. The summed E-state index contributed by atoms with van der Waals surface area (Å²) in [5.41, 5.74) is 2.20. The van der Waals surface area contributed by atoms with Gasteiger partial charge in [-0.05, 0) is 50.9 Å². The van der Waals surface area contributed by atoms with E-state index in [9.17, 15) is 0 Å². The minimum atomic E-state index is 0.872. The van der Waals surface area contributed by atoms with Gasteiger partial charge in [-0.2, -0.15) is 0 Å². The molecule has 0 amide bonds. The van der Waals surface area contributed by atoms with Crippen molar-refractivity contribution < 1.29 is 0 Å². The smallest absolute Gasteiger partial charge is 0.0772 e. The number of rotatable bonds is 2. The van der Waals surface area contributed by atoms with Crippen LogP contribution in [0.25, 0.3) is 6.08 Å². The van der Waals surface area contributed by atoms with Crippen LogP contribution < -0.4 is 0 Å². The molecule has 0 saturated carbocycles. The molecule has 1 aromatic rings.